The zero-order chi connectivity index (χ0) is 15.6. The van der Waals surface area contributed by atoms with E-state index in [0.717, 1.165) is 29.8 Å². The topological polar surface area (TPSA) is 26.9 Å². The summed E-state index contributed by atoms with van der Waals surface area (Å²) in [6.45, 7) is 9.17. The van der Waals surface area contributed by atoms with Crippen molar-refractivity contribution < 1.29 is 0 Å². The Labute approximate surface area is 130 Å². The van der Waals surface area contributed by atoms with E-state index >= 15 is 0 Å². The fourth-order valence-corrected chi connectivity index (χ4v) is 2.97. The molecule has 21 heavy (non-hydrogen) atoms. The van der Waals surface area contributed by atoms with Gasteiger partial charge in [-0.2, -0.15) is 0 Å². The van der Waals surface area contributed by atoms with Crippen LogP contribution in [0.3, 0.4) is 0 Å². The minimum absolute atomic E-state index is 0.0625. The van der Waals surface area contributed by atoms with Crippen molar-refractivity contribution in [2.24, 2.45) is 0 Å². The van der Waals surface area contributed by atoms with E-state index in [-0.39, 0.29) is 5.56 Å². The van der Waals surface area contributed by atoms with E-state index in [1.165, 1.54) is 0 Å². The zero-order valence-corrected chi connectivity index (χ0v) is 13.9. The Morgan fingerprint density at radius 3 is 2.48 bits per heavy atom. The first-order valence-corrected chi connectivity index (χ1v) is 7.86. The predicted molar refractivity (Wildman–Crippen MR) is 90.0 cm³/mol. The van der Waals surface area contributed by atoms with Gasteiger partial charge >= 0.3 is 0 Å². The van der Waals surface area contributed by atoms with Gasteiger partial charge in [-0.25, -0.2) is 0 Å². The van der Waals surface area contributed by atoms with Crippen LogP contribution < -0.4 is 5.56 Å². The summed E-state index contributed by atoms with van der Waals surface area (Å²) in [4.78, 5) is 12.4. The van der Waals surface area contributed by atoms with Crippen molar-refractivity contribution in [2.75, 3.05) is 0 Å². The van der Waals surface area contributed by atoms with Crippen molar-refractivity contribution in [3.63, 3.8) is 0 Å². The Kier molecular flexibility index (Phi) is 4.78. The van der Waals surface area contributed by atoms with E-state index in [9.17, 15) is 4.79 Å². The summed E-state index contributed by atoms with van der Waals surface area (Å²) < 4.78 is 4.17. The van der Waals surface area contributed by atoms with E-state index < -0.39 is 0 Å². The molecule has 0 aliphatic carbocycles. The molecule has 0 aliphatic rings. The molecule has 0 N–H and O–H groups in total. The van der Waals surface area contributed by atoms with Gasteiger partial charge in [0.25, 0.3) is 5.56 Å². The predicted octanol–water partition coefficient (Wildman–Crippen LogP) is 4.07. The lowest BCUT2D eigenvalue weighted by atomic mass is 9.96. The molecule has 0 saturated heterocycles. The lowest BCUT2D eigenvalue weighted by molar-refractivity contribution is 0.679. The quantitative estimate of drug-likeness (QED) is 0.796. The van der Waals surface area contributed by atoms with Gasteiger partial charge in [0, 0.05) is 18.8 Å². The van der Waals surface area contributed by atoms with Crippen LogP contribution >= 0.6 is 12.2 Å². The lowest BCUT2D eigenvalue weighted by Gasteiger charge is -2.19. The van der Waals surface area contributed by atoms with Gasteiger partial charge in [0.05, 0.1) is 5.69 Å². The zero-order valence-electron chi connectivity index (χ0n) is 13.1. The normalized spacial score (nSPS) is 11.1. The Morgan fingerprint density at radius 1 is 1.19 bits per heavy atom. The first-order valence-electron chi connectivity index (χ1n) is 7.45. The van der Waals surface area contributed by atoms with Gasteiger partial charge in [0.2, 0.25) is 0 Å². The molecule has 0 atom stereocenters. The molecule has 0 amide bonds. The molecule has 2 rings (SSSR count). The molecular formula is C17H22N2OS. The summed E-state index contributed by atoms with van der Waals surface area (Å²) in [5.41, 5.74) is 3.22. The summed E-state index contributed by atoms with van der Waals surface area (Å²) in [5, 5.41) is 0. The summed E-state index contributed by atoms with van der Waals surface area (Å²) >= 11 is 5.54. The van der Waals surface area contributed by atoms with Crippen molar-refractivity contribution in [3.8, 4) is 5.69 Å². The van der Waals surface area contributed by atoms with Crippen LogP contribution in [-0.2, 0) is 13.0 Å². The van der Waals surface area contributed by atoms with Crippen molar-refractivity contribution in [2.45, 2.75) is 46.6 Å². The van der Waals surface area contributed by atoms with Gasteiger partial charge in [-0.1, -0.05) is 39.0 Å². The lowest BCUT2D eigenvalue weighted by Crippen LogP contribution is -2.24. The second-order valence-electron chi connectivity index (χ2n) is 5.42. The number of aryl methyl sites for hydroxylation is 2. The highest BCUT2D eigenvalue weighted by atomic mass is 32.1. The summed E-state index contributed by atoms with van der Waals surface area (Å²) in [6.07, 6.45) is 2.64. The molecule has 0 aliphatic heterocycles. The molecule has 3 nitrogen and oxygen atoms in total. The monoisotopic (exact) mass is 302 g/mol. The summed E-state index contributed by atoms with van der Waals surface area (Å²) in [5.74, 6) is 0.336. The van der Waals surface area contributed by atoms with E-state index in [4.69, 9.17) is 12.2 Å². The third-order valence-electron chi connectivity index (χ3n) is 3.77. The first-order chi connectivity index (χ1) is 10.0. The molecule has 1 aromatic carbocycles. The highest BCUT2D eigenvalue weighted by Gasteiger charge is 2.15. The maximum atomic E-state index is 12.4. The Hall–Kier alpha value is -1.68. The van der Waals surface area contributed by atoms with Crippen molar-refractivity contribution in [1.29, 1.82) is 0 Å². The smallest absolute Gasteiger partial charge is 0.258 e. The van der Waals surface area contributed by atoms with Crippen LogP contribution in [0.5, 0.6) is 0 Å². The standard InChI is InChI=1S/C17H22N2OS/c1-5-13-8-7-9-14(12(3)4)16(13)19-15(20)10-11-18(6-2)17(19)21/h7-12H,5-6H2,1-4H3. The molecule has 0 fully saturated rings. The van der Waals surface area contributed by atoms with Gasteiger partial charge in [-0.05, 0) is 42.6 Å². The van der Waals surface area contributed by atoms with Crippen LogP contribution in [0.4, 0.5) is 0 Å². The Balaban J connectivity index is 2.91. The number of para-hydroxylation sites is 1. The van der Waals surface area contributed by atoms with Crippen LogP contribution in [0.15, 0.2) is 35.3 Å². The second kappa shape index (κ2) is 6.39. The minimum Gasteiger partial charge on any atom is -0.325 e. The maximum Gasteiger partial charge on any atom is 0.258 e. The third-order valence-corrected chi connectivity index (χ3v) is 4.19. The van der Waals surface area contributed by atoms with Crippen molar-refractivity contribution in [3.05, 3.63) is 56.7 Å². The van der Waals surface area contributed by atoms with Crippen molar-refractivity contribution in [1.82, 2.24) is 9.13 Å². The molecule has 0 unspecified atom stereocenters. The third kappa shape index (κ3) is 2.86. The fraction of sp³-hybridized carbons (Fsp3) is 0.412. The van der Waals surface area contributed by atoms with E-state index in [2.05, 4.69) is 39.0 Å². The number of aromatic nitrogens is 2. The number of hydrogen-bond acceptors (Lipinski definition) is 2. The molecule has 0 spiro atoms. The molecule has 4 heteroatoms. The average Bonchev–Trinajstić information content (AvgIpc) is 2.47. The van der Waals surface area contributed by atoms with E-state index in [1.807, 2.05) is 11.5 Å². The number of hydrogen-bond donors (Lipinski definition) is 0. The van der Waals surface area contributed by atoms with Crippen LogP contribution in [0, 0.1) is 4.77 Å². The summed E-state index contributed by atoms with van der Waals surface area (Å²) in [6, 6.07) is 7.81. The SMILES string of the molecule is CCc1cccc(C(C)C)c1-n1c(=O)ccn(CC)c1=S. The van der Waals surface area contributed by atoms with Crippen LogP contribution in [0.1, 0.15) is 44.7 Å². The van der Waals surface area contributed by atoms with Gasteiger partial charge in [-0.3, -0.25) is 9.36 Å². The Bertz CT molecular complexity index is 756. The maximum absolute atomic E-state index is 12.4. The second-order valence-corrected chi connectivity index (χ2v) is 5.79. The van der Waals surface area contributed by atoms with Crippen LogP contribution in [-0.4, -0.2) is 9.13 Å². The molecule has 112 valence electrons. The van der Waals surface area contributed by atoms with E-state index in [1.54, 1.807) is 16.8 Å². The first kappa shape index (κ1) is 15.7. The molecular weight excluding hydrogens is 280 g/mol. The highest BCUT2D eigenvalue weighted by Crippen LogP contribution is 2.26. The number of nitrogens with zero attached hydrogens (tertiary/aromatic N) is 2. The Morgan fingerprint density at radius 2 is 1.90 bits per heavy atom. The van der Waals surface area contributed by atoms with Crippen molar-refractivity contribution >= 4 is 12.2 Å². The van der Waals surface area contributed by atoms with Gasteiger partial charge in [0.1, 0.15) is 0 Å². The molecule has 1 heterocycles. The minimum atomic E-state index is -0.0625. The van der Waals surface area contributed by atoms with E-state index in [0.29, 0.717) is 10.7 Å². The molecule has 1 aromatic heterocycles. The average molecular weight is 302 g/mol. The largest absolute Gasteiger partial charge is 0.325 e. The fourth-order valence-electron chi connectivity index (χ4n) is 2.60. The molecule has 0 saturated carbocycles. The molecule has 0 bridgehead atoms. The highest BCUT2D eigenvalue weighted by molar-refractivity contribution is 7.71. The van der Waals surface area contributed by atoms with Gasteiger partial charge in [0.15, 0.2) is 4.77 Å². The van der Waals surface area contributed by atoms with Crippen LogP contribution in [0.25, 0.3) is 5.69 Å². The number of rotatable bonds is 4. The van der Waals surface area contributed by atoms with Crippen LogP contribution in [0.2, 0.25) is 0 Å². The molecule has 0 radical (unpaired) electrons. The number of benzene rings is 1. The molecule has 2 aromatic rings. The summed E-state index contributed by atoms with van der Waals surface area (Å²) in [7, 11) is 0. The van der Waals surface area contributed by atoms with Gasteiger partial charge < -0.3 is 4.57 Å². The van der Waals surface area contributed by atoms with Gasteiger partial charge in [-0.15, -0.1) is 0 Å².